The van der Waals surface area contributed by atoms with Gasteiger partial charge in [0.15, 0.2) is 0 Å². The van der Waals surface area contributed by atoms with Crippen LogP contribution in [0.15, 0.2) is 60.7 Å². The molecule has 0 unspecified atom stereocenters. The Hall–Kier alpha value is -2.74. The lowest BCUT2D eigenvalue weighted by molar-refractivity contribution is 0.759. The minimum atomic E-state index is 0.205. The van der Waals surface area contributed by atoms with Crippen molar-refractivity contribution in [1.82, 2.24) is 0 Å². The highest BCUT2D eigenvalue weighted by Crippen LogP contribution is 2.58. The van der Waals surface area contributed by atoms with Gasteiger partial charge in [0.05, 0.1) is 0 Å². The molecule has 0 fully saturated rings. The van der Waals surface area contributed by atoms with E-state index in [1.807, 2.05) is 12.1 Å². The maximum absolute atomic E-state index is 6.35. The SMILES string of the molecule is Nc1cccc2c1[C@H]1c3ccccc3[C@@H]2c2c(N)cccc21. The van der Waals surface area contributed by atoms with Gasteiger partial charge in [-0.15, -0.1) is 0 Å². The molecule has 0 heterocycles. The molecule has 3 aliphatic carbocycles. The summed E-state index contributed by atoms with van der Waals surface area (Å²) < 4.78 is 0. The van der Waals surface area contributed by atoms with Crippen LogP contribution in [0.4, 0.5) is 11.4 Å². The van der Waals surface area contributed by atoms with E-state index in [9.17, 15) is 0 Å². The van der Waals surface area contributed by atoms with E-state index in [2.05, 4.69) is 48.5 Å². The van der Waals surface area contributed by atoms with Crippen LogP contribution in [0.2, 0.25) is 0 Å². The first-order valence-corrected chi connectivity index (χ1v) is 7.62. The van der Waals surface area contributed by atoms with Crippen LogP contribution < -0.4 is 11.5 Å². The molecule has 3 aromatic rings. The molecule has 0 amide bonds. The van der Waals surface area contributed by atoms with E-state index < -0.39 is 0 Å². The second-order valence-electron chi connectivity index (χ2n) is 6.20. The van der Waals surface area contributed by atoms with Gasteiger partial charge in [-0.2, -0.15) is 0 Å². The molecule has 0 saturated carbocycles. The number of nitrogens with two attached hydrogens (primary N) is 2. The molecule has 2 heteroatoms. The minimum absolute atomic E-state index is 0.205. The summed E-state index contributed by atoms with van der Waals surface area (Å²) in [5, 5.41) is 0. The van der Waals surface area contributed by atoms with Crippen molar-refractivity contribution in [3.63, 3.8) is 0 Å². The van der Waals surface area contributed by atoms with Crippen LogP contribution in [0.25, 0.3) is 0 Å². The monoisotopic (exact) mass is 284 g/mol. The standard InChI is InChI=1S/C20H16N2/c21-15-9-4-8-14-18-12-6-2-1-5-11(12)17(19(14)15)13-7-3-10-16(22)20(13)18/h1-10,17-18H,21-22H2/t17-,18-/m0/s1. The molecule has 3 aliphatic rings. The Morgan fingerprint density at radius 3 is 1.36 bits per heavy atom. The fourth-order valence-electron chi connectivity index (χ4n) is 4.37. The van der Waals surface area contributed by atoms with Crippen LogP contribution in [0.3, 0.4) is 0 Å². The van der Waals surface area contributed by atoms with Crippen LogP contribution in [-0.4, -0.2) is 0 Å². The zero-order valence-electron chi connectivity index (χ0n) is 12.1. The maximum atomic E-state index is 6.35. The van der Waals surface area contributed by atoms with Gasteiger partial charge in [-0.25, -0.2) is 0 Å². The summed E-state index contributed by atoms with van der Waals surface area (Å²) in [4.78, 5) is 0. The molecule has 4 N–H and O–H groups in total. The fourth-order valence-corrected chi connectivity index (χ4v) is 4.37. The molecular formula is C20H16N2. The molecular weight excluding hydrogens is 268 g/mol. The maximum Gasteiger partial charge on any atom is 0.0370 e. The lowest BCUT2D eigenvalue weighted by atomic mass is 9.60. The second-order valence-corrected chi connectivity index (χ2v) is 6.20. The van der Waals surface area contributed by atoms with E-state index in [-0.39, 0.29) is 11.8 Å². The molecule has 0 aliphatic heterocycles. The molecule has 106 valence electrons. The van der Waals surface area contributed by atoms with E-state index in [1.54, 1.807) is 0 Å². The zero-order chi connectivity index (χ0) is 14.8. The summed E-state index contributed by atoms with van der Waals surface area (Å²) in [5.74, 6) is 0.409. The number of hydrogen-bond acceptors (Lipinski definition) is 2. The van der Waals surface area contributed by atoms with Crippen molar-refractivity contribution in [3.8, 4) is 0 Å². The molecule has 2 atom stereocenters. The van der Waals surface area contributed by atoms with Crippen molar-refractivity contribution in [2.45, 2.75) is 11.8 Å². The minimum Gasteiger partial charge on any atom is -0.398 e. The van der Waals surface area contributed by atoms with Crippen LogP contribution >= 0.6 is 0 Å². The molecule has 2 nitrogen and oxygen atoms in total. The Morgan fingerprint density at radius 2 is 0.909 bits per heavy atom. The smallest absolute Gasteiger partial charge is 0.0370 e. The van der Waals surface area contributed by atoms with E-state index >= 15 is 0 Å². The summed E-state index contributed by atoms with van der Waals surface area (Å²) in [7, 11) is 0. The van der Waals surface area contributed by atoms with E-state index in [1.165, 1.54) is 33.4 Å². The average molecular weight is 284 g/mol. The van der Waals surface area contributed by atoms with Gasteiger partial charge in [0, 0.05) is 23.2 Å². The third-order valence-electron chi connectivity index (χ3n) is 5.16. The van der Waals surface area contributed by atoms with Gasteiger partial charge in [-0.1, -0.05) is 48.5 Å². The molecule has 2 bridgehead atoms. The first-order valence-electron chi connectivity index (χ1n) is 7.62. The molecule has 0 spiro atoms. The van der Waals surface area contributed by atoms with Gasteiger partial charge in [0.2, 0.25) is 0 Å². The normalized spacial score (nSPS) is 20.2. The van der Waals surface area contributed by atoms with Gasteiger partial charge in [-0.05, 0) is 45.5 Å². The fraction of sp³-hybridized carbons (Fsp3) is 0.100. The third kappa shape index (κ3) is 1.26. The predicted octanol–water partition coefficient (Wildman–Crippen LogP) is 3.84. The van der Waals surface area contributed by atoms with E-state index in [0.29, 0.717) is 0 Å². The Labute approximate surface area is 129 Å². The van der Waals surface area contributed by atoms with Crippen molar-refractivity contribution < 1.29 is 0 Å². The Balaban J connectivity index is 1.96. The Morgan fingerprint density at radius 1 is 0.500 bits per heavy atom. The highest BCUT2D eigenvalue weighted by atomic mass is 14.6. The quantitative estimate of drug-likeness (QED) is 0.424. The van der Waals surface area contributed by atoms with Crippen molar-refractivity contribution in [2.24, 2.45) is 0 Å². The van der Waals surface area contributed by atoms with E-state index in [0.717, 1.165) is 11.4 Å². The highest BCUT2D eigenvalue weighted by molar-refractivity contribution is 5.76. The molecule has 0 radical (unpaired) electrons. The first-order chi connectivity index (χ1) is 10.8. The first kappa shape index (κ1) is 11.9. The lowest BCUT2D eigenvalue weighted by Gasteiger charge is -2.43. The van der Waals surface area contributed by atoms with Gasteiger partial charge in [0.1, 0.15) is 0 Å². The van der Waals surface area contributed by atoms with E-state index in [4.69, 9.17) is 11.5 Å². The summed E-state index contributed by atoms with van der Waals surface area (Å²) in [6.45, 7) is 0. The molecule has 0 aromatic heterocycles. The molecule has 22 heavy (non-hydrogen) atoms. The average Bonchev–Trinajstić information content (AvgIpc) is 2.55. The predicted molar refractivity (Wildman–Crippen MR) is 90.0 cm³/mol. The number of benzene rings is 3. The topological polar surface area (TPSA) is 52.0 Å². The van der Waals surface area contributed by atoms with Gasteiger partial charge in [-0.3, -0.25) is 0 Å². The number of rotatable bonds is 0. The van der Waals surface area contributed by atoms with Crippen molar-refractivity contribution in [3.05, 3.63) is 94.0 Å². The van der Waals surface area contributed by atoms with Crippen molar-refractivity contribution in [2.75, 3.05) is 11.5 Å². The van der Waals surface area contributed by atoms with Crippen molar-refractivity contribution >= 4 is 11.4 Å². The summed E-state index contributed by atoms with van der Waals surface area (Å²) >= 11 is 0. The number of anilines is 2. The molecule has 6 rings (SSSR count). The highest BCUT2D eigenvalue weighted by Gasteiger charge is 2.42. The summed E-state index contributed by atoms with van der Waals surface area (Å²) in [6, 6.07) is 21.2. The number of hydrogen-bond donors (Lipinski definition) is 2. The van der Waals surface area contributed by atoms with Crippen LogP contribution in [0.1, 0.15) is 45.2 Å². The van der Waals surface area contributed by atoms with Gasteiger partial charge in [0.25, 0.3) is 0 Å². The number of nitrogen functional groups attached to an aromatic ring is 2. The largest absolute Gasteiger partial charge is 0.398 e. The van der Waals surface area contributed by atoms with Gasteiger partial charge < -0.3 is 11.5 Å². The lowest BCUT2D eigenvalue weighted by Crippen LogP contribution is -2.29. The Kier molecular flexibility index (Phi) is 2.11. The molecule has 3 aromatic carbocycles. The van der Waals surface area contributed by atoms with Gasteiger partial charge >= 0.3 is 0 Å². The van der Waals surface area contributed by atoms with Crippen LogP contribution in [0.5, 0.6) is 0 Å². The third-order valence-corrected chi connectivity index (χ3v) is 5.16. The zero-order valence-corrected chi connectivity index (χ0v) is 12.1. The summed E-state index contributed by atoms with van der Waals surface area (Å²) in [5.41, 5.74) is 22.4. The van der Waals surface area contributed by atoms with Crippen LogP contribution in [0, 0.1) is 0 Å². The van der Waals surface area contributed by atoms with Crippen molar-refractivity contribution in [1.29, 1.82) is 0 Å². The second kappa shape index (κ2) is 3.92. The Bertz CT molecular complexity index is 850. The van der Waals surface area contributed by atoms with Crippen LogP contribution in [-0.2, 0) is 0 Å². The summed E-state index contributed by atoms with van der Waals surface area (Å²) in [6.07, 6.45) is 0. The molecule has 0 saturated heterocycles.